The van der Waals surface area contributed by atoms with Gasteiger partial charge in [-0.2, -0.15) is 13.2 Å². The number of halogens is 4. The Morgan fingerprint density at radius 2 is 1.90 bits per heavy atom. The molecule has 6 rings (SSSR count). The molecule has 5 aromatic rings. The summed E-state index contributed by atoms with van der Waals surface area (Å²) in [5, 5.41) is 3.15. The molecule has 1 aliphatic rings. The number of aromatic nitrogens is 4. The van der Waals surface area contributed by atoms with E-state index in [1.165, 1.54) is 49.3 Å². The third-order valence-corrected chi connectivity index (χ3v) is 8.70. The smallest absolute Gasteiger partial charge is 0.411 e. The molecule has 3 aromatic heterocycles. The van der Waals surface area contributed by atoms with Crippen molar-refractivity contribution in [1.29, 1.82) is 0 Å². The lowest BCUT2D eigenvalue weighted by Crippen LogP contribution is -2.53. The summed E-state index contributed by atoms with van der Waals surface area (Å²) in [4.78, 5) is 62.7. The van der Waals surface area contributed by atoms with Crippen molar-refractivity contribution in [2.75, 3.05) is 31.8 Å². The summed E-state index contributed by atoms with van der Waals surface area (Å²) in [6.45, 7) is 0.632. The number of methoxy groups -OCH3 is 1. The van der Waals surface area contributed by atoms with Crippen LogP contribution in [0.1, 0.15) is 21.5 Å². The van der Waals surface area contributed by atoms with Crippen LogP contribution in [0, 0.1) is 12.7 Å². The first-order chi connectivity index (χ1) is 23.8. The van der Waals surface area contributed by atoms with E-state index in [1.54, 1.807) is 24.3 Å². The third-order valence-electron chi connectivity index (χ3n) is 8.70. The van der Waals surface area contributed by atoms with Crippen molar-refractivity contribution in [3.8, 4) is 5.69 Å². The number of rotatable bonds is 7. The first kappa shape index (κ1) is 34.2. The predicted octanol–water partition coefficient (Wildman–Crippen LogP) is 3.36. The topological polar surface area (TPSA) is 138 Å². The molecule has 12 nitrogen and oxygen atoms in total. The number of hydrogen-bond donors (Lipinski definition) is 1. The second-order valence-corrected chi connectivity index (χ2v) is 11.7. The minimum atomic E-state index is -4.63. The first-order valence-corrected chi connectivity index (χ1v) is 15.3. The summed E-state index contributed by atoms with van der Waals surface area (Å²) >= 11 is 0. The third kappa shape index (κ3) is 6.17. The van der Waals surface area contributed by atoms with Crippen molar-refractivity contribution in [3.63, 3.8) is 0 Å². The fraction of sp³-hybridized carbons (Fsp3) is 0.294. The lowest BCUT2D eigenvalue weighted by molar-refractivity contribution is -0.167. The number of morpholine rings is 1. The molecule has 1 aliphatic heterocycles. The van der Waals surface area contributed by atoms with Crippen molar-refractivity contribution in [2.24, 2.45) is 7.05 Å². The first-order valence-electron chi connectivity index (χ1n) is 15.3. The average molecular weight is 695 g/mol. The lowest BCUT2D eigenvalue weighted by Gasteiger charge is -2.38. The highest BCUT2D eigenvalue weighted by Gasteiger charge is 2.45. The fourth-order valence-electron chi connectivity index (χ4n) is 6.24. The number of fused-ring (bicyclic) bond motifs is 2. The number of carbonyl (C=O) groups is 2. The summed E-state index contributed by atoms with van der Waals surface area (Å²) in [6.07, 6.45) is -0.506. The van der Waals surface area contributed by atoms with Gasteiger partial charge in [0.15, 0.2) is 0 Å². The van der Waals surface area contributed by atoms with Gasteiger partial charge in [-0.3, -0.25) is 24.1 Å². The molecule has 1 N–H and O–H groups in total. The molecule has 0 saturated carbocycles. The van der Waals surface area contributed by atoms with Crippen LogP contribution in [0.15, 0.2) is 70.6 Å². The zero-order valence-corrected chi connectivity index (χ0v) is 27.0. The zero-order chi connectivity index (χ0) is 35.9. The van der Waals surface area contributed by atoms with Gasteiger partial charge in [-0.15, -0.1) is 0 Å². The van der Waals surface area contributed by atoms with E-state index in [9.17, 15) is 32.3 Å². The van der Waals surface area contributed by atoms with Gasteiger partial charge in [0.1, 0.15) is 17.9 Å². The molecular weight excluding hydrogens is 664 g/mol. The van der Waals surface area contributed by atoms with Gasteiger partial charge in [-0.1, -0.05) is 12.1 Å². The number of nitrogens with zero attached hydrogens (tertiary/aromatic N) is 5. The second kappa shape index (κ2) is 13.3. The molecule has 1 saturated heterocycles. The van der Waals surface area contributed by atoms with Crippen molar-refractivity contribution < 1.29 is 36.6 Å². The van der Waals surface area contributed by atoms with Gasteiger partial charge in [0.25, 0.3) is 11.5 Å². The average Bonchev–Trinajstić information content (AvgIpc) is 3.10. The van der Waals surface area contributed by atoms with Gasteiger partial charge < -0.3 is 19.7 Å². The second-order valence-electron chi connectivity index (χ2n) is 11.7. The summed E-state index contributed by atoms with van der Waals surface area (Å²) in [5.41, 5.74) is -0.427. The van der Waals surface area contributed by atoms with Crippen LogP contribution < -0.4 is 21.5 Å². The maximum atomic E-state index is 15.5. The van der Waals surface area contributed by atoms with E-state index in [-0.39, 0.29) is 47.4 Å². The number of amides is 1. The molecule has 1 amide bonds. The fourth-order valence-corrected chi connectivity index (χ4v) is 6.24. The number of alkyl halides is 3. The highest BCUT2D eigenvalue weighted by Crippen LogP contribution is 2.33. The van der Waals surface area contributed by atoms with Crippen molar-refractivity contribution in [1.82, 2.24) is 24.4 Å². The van der Waals surface area contributed by atoms with Crippen molar-refractivity contribution >= 4 is 39.4 Å². The minimum absolute atomic E-state index is 0.00854. The number of ether oxygens (including phenoxy) is 2. The molecule has 2 atom stereocenters. The van der Waals surface area contributed by atoms with Gasteiger partial charge >= 0.3 is 17.8 Å². The Labute approximate surface area is 280 Å². The Morgan fingerprint density at radius 3 is 2.62 bits per heavy atom. The number of esters is 1. The standard InChI is InChI=1S/C34H30F4N6O6/c1-18-13-20(43-11-12-50-17-27(43)34(36,37)38)15-23(35)28(18)30(45)41-24(32(47)49-3)14-19-6-7-26(29-21(19)5-4-9-40-29)44-31(46)22-16-39-10-8-25(22)42(2)33(44)48/h4-10,13,15-16,24,27H,11-12,14,17H2,1-3H3,(H,41,45). The molecule has 0 bridgehead atoms. The van der Waals surface area contributed by atoms with Crippen LogP contribution in [-0.2, 0) is 27.7 Å². The number of hydrogen-bond acceptors (Lipinski definition) is 9. The number of anilines is 1. The summed E-state index contributed by atoms with van der Waals surface area (Å²) in [6, 6.07) is 6.69. The van der Waals surface area contributed by atoms with Crippen LogP contribution in [0.5, 0.6) is 0 Å². The Balaban J connectivity index is 1.34. The quantitative estimate of drug-likeness (QED) is 0.201. The van der Waals surface area contributed by atoms with E-state index in [0.717, 1.165) is 22.6 Å². The monoisotopic (exact) mass is 694 g/mol. The van der Waals surface area contributed by atoms with Gasteiger partial charge in [-0.05, 0) is 48.4 Å². The number of carbonyl (C=O) groups excluding carboxylic acids is 2. The number of aryl methyl sites for hydroxylation is 2. The molecule has 0 aliphatic carbocycles. The van der Waals surface area contributed by atoms with Crippen LogP contribution in [-0.4, -0.2) is 76.1 Å². The van der Waals surface area contributed by atoms with Crippen LogP contribution in [0.4, 0.5) is 23.2 Å². The summed E-state index contributed by atoms with van der Waals surface area (Å²) < 4.78 is 68.8. The number of pyridine rings is 2. The summed E-state index contributed by atoms with van der Waals surface area (Å²) in [7, 11) is 2.63. The molecule has 16 heteroatoms. The molecule has 0 radical (unpaired) electrons. The van der Waals surface area contributed by atoms with Gasteiger partial charge in [0, 0.05) is 49.7 Å². The maximum Gasteiger partial charge on any atom is 0.411 e. The normalized spacial score (nSPS) is 15.7. The lowest BCUT2D eigenvalue weighted by atomic mass is 9.99. The predicted molar refractivity (Wildman–Crippen MR) is 174 cm³/mol. The molecule has 2 aromatic carbocycles. The minimum Gasteiger partial charge on any atom is -0.467 e. The largest absolute Gasteiger partial charge is 0.467 e. The van der Waals surface area contributed by atoms with Gasteiger partial charge in [-0.25, -0.2) is 18.5 Å². The number of benzene rings is 2. The van der Waals surface area contributed by atoms with Crippen LogP contribution >= 0.6 is 0 Å². The van der Waals surface area contributed by atoms with Crippen molar-refractivity contribution in [2.45, 2.75) is 31.6 Å². The van der Waals surface area contributed by atoms with E-state index in [0.29, 0.717) is 16.5 Å². The Kier molecular flexibility index (Phi) is 9.14. The van der Waals surface area contributed by atoms with Crippen LogP contribution in [0.25, 0.3) is 27.5 Å². The van der Waals surface area contributed by atoms with E-state index >= 15 is 4.39 Å². The van der Waals surface area contributed by atoms with Crippen molar-refractivity contribution in [3.05, 3.63) is 104 Å². The zero-order valence-electron chi connectivity index (χ0n) is 27.0. The molecule has 260 valence electrons. The van der Waals surface area contributed by atoms with E-state index in [1.807, 2.05) is 0 Å². The van der Waals surface area contributed by atoms with E-state index in [4.69, 9.17) is 9.47 Å². The SMILES string of the molecule is COC(=O)C(Cc1ccc(-n2c(=O)c3cnccc3n(C)c2=O)c2ncccc12)NC(=O)c1c(C)cc(N2CCOCC2C(F)(F)F)cc1F. The highest BCUT2D eigenvalue weighted by atomic mass is 19.4. The van der Waals surface area contributed by atoms with E-state index in [2.05, 4.69) is 15.3 Å². The molecule has 2 unspecified atom stereocenters. The van der Waals surface area contributed by atoms with E-state index < -0.39 is 59.4 Å². The summed E-state index contributed by atoms with van der Waals surface area (Å²) in [5.74, 6) is -2.93. The maximum absolute atomic E-state index is 15.5. The molecule has 1 fully saturated rings. The van der Waals surface area contributed by atoms with Crippen LogP contribution in [0.2, 0.25) is 0 Å². The molecule has 4 heterocycles. The Bertz CT molecular complexity index is 2250. The number of nitrogens with one attached hydrogen (secondary N) is 1. The van der Waals surface area contributed by atoms with Gasteiger partial charge in [0.2, 0.25) is 0 Å². The Hall–Kier alpha value is -5.64. The molecule has 50 heavy (non-hydrogen) atoms. The van der Waals surface area contributed by atoms with Crippen LogP contribution in [0.3, 0.4) is 0 Å². The Morgan fingerprint density at radius 1 is 1.12 bits per heavy atom. The highest BCUT2D eigenvalue weighted by molar-refractivity contribution is 5.99. The van der Waals surface area contributed by atoms with Gasteiger partial charge in [0.05, 0.1) is 48.0 Å². The molecular formula is C34H30F4N6O6. The molecule has 0 spiro atoms.